The number of para-hydroxylation sites is 1. The average Bonchev–Trinajstić information content (AvgIpc) is 2.70. The van der Waals surface area contributed by atoms with Crippen LogP contribution in [-0.4, -0.2) is 69.4 Å². The molecule has 0 radical (unpaired) electrons. The SMILES string of the molecule is COc1ccc(OCCN2CCN(CCOc3ccccc3)CC2)cc1. The van der Waals surface area contributed by atoms with Gasteiger partial charge in [0.2, 0.25) is 0 Å². The zero-order valence-corrected chi connectivity index (χ0v) is 15.5. The van der Waals surface area contributed by atoms with Gasteiger partial charge in [0.15, 0.2) is 0 Å². The highest BCUT2D eigenvalue weighted by Crippen LogP contribution is 2.17. The molecule has 1 saturated heterocycles. The minimum Gasteiger partial charge on any atom is -0.497 e. The van der Waals surface area contributed by atoms with E-state index in [4.69, 9.17) is 14.2 Å². The number of ether oxygens (including phenoxy) is 3. The molecule has 0 aliphatic carbocycles. The standard InChI is InChI=1S/C21H28N2O3/c1-24-19-7-9-21(10-8-19)26-18-16-23-13-11-22(12-14-23)15-17-25-20-5-3-2-4-6-20/h2-10H,11-18H2,1H3. The minimum absolute atomic E-state index is 0.712. The number of hydrogen-bond acceptors (Lipinski definition) is 5. The van der Waals surface area contributed by atoms with Crippen molar-refractivity contribution in [1.82, 2.24) is 9.80 Å². The molecule has 0 atom stereocenters. The Balaban J connectivity index is 1.27. The van der Waals surface area contributed by atoms with Crippen molar-refractivity contribution in [1.29, 1.82) is 0 Å². The number of rotatable bonds is 9. The molecule has 2 aromatic rings. The van der Waals surface area contributed by atoms with Gasteiger partial charge in [-0.05, 0) is 36.4 Å². The van der Waals surface area contributed by atoms with Crippen molar-refractivity contribution < 1.29 is 14.2 Å². The van der Waals surface area contributed by atoms with Crippen LogP contribution in [0.25, 0.3) is 0 Å². The second-order valence-corrected chi connectivity index (χ2v) is 6.37. The van der Waals surface area contributed by atoms with E-state index in [2.05, 4.69) is 9.80 Å². The summed E-state index contributed by atoms with van der Waals surface area (Å²) in [6.07, 6.45) is 0. The zero-order valence-electron chi connectivity index (χ0n) is 15.5. The second-order valence-electron chi connectivity index (χ2n) is 6.37. The van der Waals surface area contributed by atoms with Crippen LogP contribution in [0.2, 0.25) is 0 Å². The Hall–Kier alpha value is -2.24. The number of benzene rings is 2. The Morgan fingerprint density at radius 1 is 0.654 bits per heavy atom. The fourth-order valence-corrected chi connectivity index (χ4v) is 3.01. The van der Waals surface area contributed by atoms with E-state index >= 15 is 0 Å². The third kappa shape index (κ3) is 5.93. The molecule has 5 heteroatoms. The van der Waals surface area contributed by atoms with Crippen LogP contribution in [0.4, 0.5) is 0 Å². The summed E-state index contributed by atoms with van der Waals surface area (Å²) < 4.78 is 16.8. The van der Waals surface area contributed by atoms with Gasteiger partial charge in [0.1, 0.15) is 30.5 Å². The van der Waals surface area contributed by atoms with Crippen LogP contribution in [0.5, 0.6) is 17.2 Å². The fraction of sp³-hybridized carbons (Fsp3) is 0.429. The van der Waals surface area contributed by atoms with Crippen LogP contribution in [-0.2, 0) is 0 Å². The Morgan fingerprint density at radius 3 is 1.62 bits per heavy atom. The number of hydrogen-bond donors (Lipinski definition) is 0. The van der Waals surface area contributed by atoms with Gasteiger partial charge >= 0.3 is 0 Å². The summed E-state index contributed by atoms with van der Waals surface area (Å²) in [7, 11) is 1.67. The van der Waals surface area contributed by atoms with Crippen molar-refractivity contribution >= 4 is 0 Å². The lowest BCUT2D eigenvalue weighted by atomic mass is 10.3. The largest absolute Gasteiger partial charge is 0.497 e. The van der Waals surface area contributed by atoms with Crippen LogP contribution in [0.15, 0.2) is 54.6 Å². The number of nitrogens with zero attached hydrogens (tertiary/aromatic N) is 2. The van der Waals surface area contributed by atoms with Gasteiger partial charge in [-0.15, -0.1) is 0 Å². The van der Waals surface area contributed by atoms with Crippen molar-refractivity contribution in [2.75, 3.05) is 59.6 Å². The van der Waals surface area contributed by atoms with Crippen molar-refractivity contribution in [2.24, 2.45) is 0 Å². The highest BCUT2D eigenvalue weighted by Gasteiger charge is 2.16. The molecule has 0 saturated carbocycles. The van der Waals surface area contributed by atoms with Crippen LogP contribution in [0.1, 0.15) is 0 Å². The smallest absolute Gasteiger partial charge is 0.119 e. The highest BCUT2D eigenvalue weighted by molar-refractivity contribution is 5.31. The van der Waals surface area contributed by atoms with Gasteiger partial charge in [-0.25, -0.2) is 0 Å². The predicted octanol–water partition coefficient (Wildman–Crippen LogP) is 2.77. The maximum absolute atomic E-state index is 5.82. The lowest BCUT2D eigenvalue weighted by Gasteiger charge is -2.34. The first-order valence-corrected chi connectivity index (χ1v) is 9.23. The molecule has 3 rings (SSSR count). The molecule has 0 amide bonds. The Kier molecular flexibility index (Phi) is 7.16. The first-order chi connectivity index (χ1) is 12.8. The van der Waals surface area contributed by atoms with E-state index in [0.717, 1.165) is 63.1 Å². The Bertz CT molecular complexity index is 625. The second kappa shape index (κ2) is 10.0. The maximum atomic E-state index is 5.82. The van der Waals surface area contributed by atoms with E-state index in [9.17, 15) is 0 Å². The lowest BCUT2D eigenvalue weighted by Crippen LogP contribution is -2.48. The van der Waals surface area contributed by atoms with E-state index in [1.54, 1.807) is 7.11 Å². The first kappa shape index (κ1) is 18.5. The van der Waals surface area contributed by atoms with Gasteiger partial charge in [0.25, 0.3) is 0 Å². The van der Waals surface area contributed by atoms with Gasteiger partial charge in [0.05, 0.1) is 7.11 Å². The summed E-state index contributed by atoms with van der Waals surface area (Å²) in [5.74, 6) is 2.69. The summed E-state index contributed by atoms with van der Waals surface area (Å²) >= 11 is 0. The van der Waals surface area contributed by atoms with Gasteiger partial charge in [-0.2, -0.15) is 0 Å². The molecule has 26 heavy (non-hydrogen) atoms. The summed E-state index contributed by atoms with van der Waals surface area (Å²) in [6.45, 7) is 7.72. The molecule has 5 nitrogen and oxygen atoms in total. The number of piperazine rings is 1. The van der Waals surface area contributed by atoms with E-state index in [0.29, 0.717) is 6.61 Å². The van der Waals surface area contributed by atoms with Crippen LogP contribution < -0.4 is 14.2 Å². The molecule has 0 bridgehead atoms. The zero-order chi connectivity index (χ0) is 18.0. The normalized spacial score (nSPS) is 15.6. The summed E-state index contributed by atoms with van der Waals surface area (Å²) in [4.78, 5) is 4.92. The van der Waals surface area contributed by atoms with E-state index < -0.39 is 0 Å². The molecular formula is C21H28N2O3. The van der Waals surface area contributed by atoms with Crippen molar-refractivity contribution in [3.05, 3.63) is 54.6 Å². The monoisotopic (exact) mass is 356 g/mol. The molecule has 0 N–H and O–H groups in total. The summed E-state index contributed by atoms with van der Waals surface area (Å²) in [5, 5.41) is 0. The predicted molar refractivity (Wildman–Crippen MR) is 103 cm³/mol. The lowest BCUT2D eigenvalue weighted by molar-refractivity contribution is 0.105. The van der Waals surface area contributed by atoms with Gasteiger partial charge in [0, 0.05) is 39.3 Å². The van der Waals surface area contributed by atoms with E-state index in [1.165, 1.54) is 0 Å². The van der Waals surface area contributed by atoms with E-state index in [-0.39, 0.29) is 0 Å². The van der Waals surface area contributed by atoms with Crippen LogP contribution in [0, 0.1) is 0 Å². The molecule has 2 aromatic carbocycles. The molecule has 1 fully saturated rings. The Labute approximate surface area is 156 Å². The fourth-order valence-electron chi connectivity index (χ4n) is 3.01. The van der Waals surface area contributed by atoms with E-state index in [1.807, 2.05) is 54.6 Å². The molecule has 1 aliphatic rings. The Morgan fingerprint density at radius 2 is 1.12 bits per heavy atom. The average molecular weight is 356 g/mol. The third-order valence-corrected chi connectivity index (χ3v) is 4.62. The molecule has 1 aliphatic heterocycles. The molecule has 140 valence electrons. The minimum atomic E-state index is 0.712. The van der Waals surface area contributed by atoms with Crippen LogP contribution in [0.3, 0.4) is 0 Å². The molecule has 0 aromatic heterocycles. The van der Waals surface area contributed by atoms with Gasteiger partial charge in [-0.3, -0.25) is 9.80 Å². The van der Waals surface area contributed by atoms with Crippen molar-refractivity contribution in [3.8, 4) is 17.2 Å². The quantitative estimate of drug-likeness (QED) is 0.690. The maximum Gasteiger partial charge on any atom is 0.119 e. The first-order valence-electron chi connectivity index (χ1n) is 9.23. The third-order valence-electron chi connectivity index (χ3n) is 4.62. The van der Waals surface area contributed by atoms with Crippen molar-refractivity contribution in [3.63, 3.8) is 0 Å². The topological polar surface area (TPSA) is 34.2 Å². The summed E-state index contributed by atoms with van der Waals surface area (Å²) in [6, 6.07) is 17.8. The summed E-state index contributed by atoms with van der Waals surface area (Å²) in [5.41, 5.74) is 0. The van der Waals surface area contributed by atoms with Gasteiger partial charge < -0.3 is 14.2 Å². The van der Waals surface area contributed by atoms with Crippen LogP contribution >= 0.6 is 0 Å². The van der Waals surface area contributed by atoms with Crippen molar-refractivity contribution in [2.45, 2.75) is 0 Å². The van der Waals surface area contributed by atoms with Gasteiger partial charge in [-0.1, -0.05) is 18.2 Å². The highest BCUT2D eigenvalue weighted by atomic mass is 16.5. The molecule has 0 spiro atoms. The molecule has 1 heterocycles. The molecular weight excluding hydrogens is 328 g/mol. The molecule has 0 unspecified atom stereocenters. The number of methoxy groups -OCH3 is 1.